The molecule has 4 aromatic rings. The number of hydrogen-bond acceptors (Lipinski definition) is 5. The van der Waals surface area contributed by atoms with Gasteiger partial charge < -0.3 is 9.84 Å². The largest absolute Gasteiger partial charge is 0.434 e. The van der Waals surface area contributed by atoms with Crippen LogP contribution in [-0.2, 0) is 6.18 Å². The van der Waals surface area contributed by atoms with Gasteiger partial charge in [0.1, 0.15) is 17.1 Å². The van der Waals surface area contributed by atoms with Crippen LogP contribution in [0.4, 0.5) is 17.6 Å². The summed E-state index contributed by atoms with van der Waals surface area (Å²) >= 11 is 6.07. The lowest BCUT2D eigenvalue weighted by Gasteiger charge is -2.12. The third-order valence-electron chi connectivity index (χ3n) is 4.52. The predicted octanol–water partition coefficient (Wildman–Crippen LogP) is 4.76. The Balaban J connectivity index is 2.01. The number of rotatable bonds is 4. The van der Waals surface area contributed by atoms with Crippen molar-refractivity contribution in [3.8, 4) is 28.3 Å². The average molecular weight is 466 g/mol. The first-order valence-corrected chi connectivity index (χ1v) is 9.34. The minimum atomic E-state index is -4.90. The molecule has 0 fully saturated rings. The molecule has 0 spiro atoms. The highest BCUT2D eigenvalue weighted by atomic mass is 35.5. The van der Waals surface area contributed by atoms with E-state index >= 15 is 0 Å². The molecule has 0 saturated heterocycles. The van der Waals surface area contributed by atoms with E-state index in [1.54, 1.807) is 0 Å². The molecule has 1 amide bonds. The normalized spacial score (nSPS) is 11.6. The van der Waals surface area contributed by atoms with Crippen molar-refractivity contribution in [3.63, 3.8) is 0 Å². The van der Waals surface area contributed by atoms with Crippen LogP contribution in [0.15, 0.2) is 53.4 Å². The minimum Gasteiger partial charge on any atom is -0.355 e. The van der Waals surface area contributed by atoms with E-state index in [4.69, 9.17) is 16.1 Å². The van der Waals surface area contributed by atoms with Gasteiger partial charge in [0.15, 0.2) is 11.5 Å². The Morgan fingerprint density at radius 2 is 1.97 bits per heavy atom. The van der Waals surface area contributed by atoms with Crippen molar-refractivity contribution in [1.82, 2.24) is 25.2 Å². The number of alkyl halides is 3. The summed E-state index contributed by atoms with van der Waals surface area (Å²) in [6.07, 6.45) is -1.43. The molecule has 0 aliphatic rings. The molecule has 0 radical (unpaired) electrons. The summed E-state index contributed by atoms with van der Waals surface area (Å²) in [6, 6.07) is 6.58. The van der Waals surface area contributed by atoms with Crippen molar-refractivity contribution in [2.45, 2.75) is 6.18 Å². The number of pyridine rings is 1. The Labute approximate surface area is 182 Å². The number of benzene rings is 1. The van der Waals surface area contributed by atoms with Crippen LogP contribution in [0, 0.1) is 5.82 Å². The van der Waals surface area contributed by atoms with Gasteiger partial charge in [0, 0.05) is 13.2 Å². The second-order valence-electron chi connectivity index (χ2n) is 6.44. The molecule has 12 heteroatoms. The molecule has 0 saturated carbocycles. The van der Waals surface area contributed by atoms with E-state index < -0.39 is 40.5 Å². The summed E-state index contributed by atoms with van der Waals surface area (Å²) in [5.41, 5.74) is -2.80. The number of halogens is 5. The Morgan fingerprint density at radius 3 is 2.59 bits per heavy atom. The second kappa shape index (κ2) is 8.08. The summed E-state index contributed by atoms with van der Waals surface area (Å²) in [4.78, 5) is 16.4. The monoisotopic (exact) mass is 465 g/mol. The number of nitrogens with zero attached hydrogens (tertiary/aromatic N) is 4. The standard InChI is InChI=1S/C20H12ClF4N5O2/c1-26-19(31)15-16(14-12(21)5-2-6-13(14)22)29-32-17(15)11-9-28-30(18(11)20(23,24)25)10-4-3-7-27-8-10/h2-9H,1H3,(H,26,31). The van der Waals surface area contributed by atoms with Gasteiger partial charge in [-0.15, -0.1) is 0 Å². The molecule has 3 heterocycles. The van der Waals surface area contributed by atoms with Crippen molar-refractivity contribution in [2.24, 2.45) is 0 Å². The van der Waals surface area contributed by atoms with Gasteiger partial charge in [-0.3, -0.25) is 9.78 Å². The van der Waals surface area contributed by atoms with Crippen LogP contribution >= 0.6 is 11.6 Å². The molecule has 1 N–H and O–H groups in total. The van der Waals surface area contributed by atoms with Gasteiger partial charge in [-0.05, 0) is 24.3 Å². The molecule has 0 aliphatic heterocycles. The lowest BCUT2D eigenvalue weighted by Crippen LogP contribution is -2.20. The molecule has 0 unspecified atom stereocenters. The molecule has 0 aliphatic carbocycles. The maximum absolute atomic E-state index is 14.5. The number of carbonyl (C=O) groups is 1. The first-order chi connectivity index (χ1) is 15.2. The van der Waals surface area contributed by atoms with Crippen LogP contribution in [0.1, 0.15) is 16.1 Å². The van der Waals surface area contributed by atoms with Crippen LogP contribution in [0.2, 0.25) is 5.02 Å². The Bertz CT molecular complexity index is 1280. The summed E-state index contributed by atoms with van der Waals surface area (Å²) in [5.74, 6) is -2.22. The smallest absolute Gasteiger partial charge is 0.355 e. The fourth-order valence-electron chi connectivity index (χ4n) is 3.17. The second-order valence-corrected chi connectivity index (χ2v) is 6.85. The van der Waals surface area contributed by atoms with Crippen molar-refractivity contribution in [3.05, 3.63) is 71.0 Å². The molecule has 3 aromatic heterocycles. The number of nitrogens with one attached hydrogen (secondary N) is 1. The highest BCUT2D eigenvalue weighted by Gasteiger charge is 2.42. The predicted molar refractivity (Wildman–Crippen MR) is 106 cm³/mol. The maximum Gasteiger partial charge on any atom is 0.434 e. The summed E-state index contributed by atoms with van der Waals surface area (Å²) in [6.45, 7) is 0. The Hall–Kier alpha value is -3.73. The summed E-state index contributed by atoms with van der Waals surface area (Å²) in [7, 11) is 1.26. The van der Waals surface area contributed by atoms with Gasteiger partial charge in [-0.2, -0.15) is 18.3 Å². The highest BCUT2D eigenvalue weighted by Crippen LogP contribution is 2.42. The SMILES string of the molecule is CNC(=O)c1c(-c2c(F)cccc2Cl)noc1-c1cnn(-c2cccnc2)c1C(F)(F)F. The van der Waals surface area contributed by atoms with Crippen LogP contribution in [0.3, 0.4) is 0 Å². The molecular weight excluding hydrogens is 454 g/mol. The number of hydrogen-bond donors (Lipinski definition) is 1. The van der Waals surface area contributed by atoms with Gasteiger partial charge in [0.25, 0.3) is 5.91 Å². The fourth-order valence-corrected chi connectivity index (χ4v) is 3.42. The van der Waals surface area contributed by atoms with Gasteiger partial charge in [-0.25, -0.2) is 9.07 Å². The first-order valence-electron chi connectivity index (χ1n) is 8.96. The van der Waals surface area contributed by atoms with E-state index in [0.29, 0.717) is 4.68 Å². The number of amides is 1. The van der Waals surface area contributed by atoms with Gasteiger partial charge >= 0.3 is 6.18 Å². The van der Waals surface area contributed by atoms with Crippen molar-refractivity contribution < 1.29 is 26.9 Å². The van der Waals surface area contributed by atoms with Crippen molar-refractivity contribution >= 4 is 17.5 Å². The Kier molecular flexibility index (Phi) is 5.43. The minimum absolute atomic E-state index is 0.0319. The molecule has 1 aromatic carbocycles. The van der Waals surface area contributed by atoms with E-state index in [0.717, 1.165) is 12.3 Å². The summed E-state index contributed by atoms with van der Waals surface area (Å²) in [5, 5.41) is 9.69. The topological polar surface area (TPSA) is 85.8 Å². The molecule has 7 nitrogen and oxygen atoms in total. The van der Waals surface area contributed by atoms with Crippen molar-refractivity contribution in [1.29, 1.82) is 0 Å². The lowest BCUT2D eigenvalue weighted by molar-refractivity contribution is -0.142. The third-order valence-corrected chi connectivity index (χ3v) is 4.83. The van der Waals surface area contributed by atoms with Gasteiger partial charge in [-0.1, -0.05) is 22.8 Å². The third kappa shape index (κ3) is 3.60. The van der Waals surface area contributed by atoms with E-state index in [1.165, 1.54) is 43.7 Å². The van der Waals surface area contributed by atoms with E-state index in [9.17, 15) is 22.4 Å². The first kappa shape index (κ1) is 21.5. The maximum atomic E-state index is 14.5. The molecule has 0 bridgehead atoms. The van der Waals surface area contributed by atoms with Crippen molar-refractivity contribution in [2.75, 3.05) is 7.05 Å². The molecule has 164 valence electrons. The average Bonchev–Trinajstić information content (AvgIpc) is 3.38. The zero-order chi connectivity index (χ0) is 23.0. The molecule has 0 atom stereocenters. The number of carbonyl (C=O) groups excluding carboxylic acids is 1. The van der Waals surface area contributed by atoms with Gasteiger partial charge in [0.05, 0.1) is 34.2 Å². The van der Waals surface area contributed by atoms with E-state index in [2.05, 4.69) is 20.6 Å². The zero-order valence-corrected chi connectivity index (χ0v) is 16.9. The summed E-state index contributed by atoms with van der Waals surface area (Å²) < 4.78 is 62.4. The fraction of sp³-hybridized carbons (Fsp3) is 0.100. The van der Waals surface area contributed by atoms with Gasteiger partial charge in [0.2, 0.25) is 0 Å². The zero-order valence-electron chi connectivity index (χ0n) is 16.1. The van der Waals surface area contributed by atoms with Crippen LogP contribution < -0.4 is 5.32 Å². The molecule has 4 rings (SSSR count). The lowest BCUT2D eigenvalue weighted by atomic mass is 10.0. The van der Waals surface area contributed by atoms with Crippen LogP contribution in [0.25, 0.3) is 28.3 Å². The highest BCUT2D eigenvalue weighted by molar-refractivity contribution is 6.33. The molecule has 32 heavy (non-hydrogen) atoms. The van der Waals surface area contributed by atoms with Crippen LogP contribution in [0.5, 0.6) is 0 Å². The Morgan fingerprint density at radius 1 is 1.19 bits per heavy atom. The molecular formula is C20H12ClF4N5O2. The number of aromatic nitrogens is 4. The van der Waals surface area contributed by atoms with Crippen LogP contribution in [-0.4, -0.2) is 32.9 Å². The quantitative estimate of drug-likeness (QED) is 0.439. The van der Waals surface area contributed by atoms with E-state index in [1.807, 2.05) is 0 Å². The van der Waals surface area contributed by atoms with E-state index in [-0.39, 0.29) is 22.0 Å².